The first-order chi connectivity index (χ1) is 11.9. The number of sulfonamides is 1. The van der Waals surface area contributed by atoms with Gasteiger partial charge in [0.05, 0.1) is 4.34 Å². The van der Waals surface area contributed by atoms with Crippen LogP contribution in [0, 0.1) is 6.92 Å². The molecule has 1 aliphatic rings. The van der Waals surface area contributed by atoms with Crippen molar-refractivity contribution in [2.24, 2.45) is 0 Å². The van der Waals surface area contributed by atoms with Crippen LogP contribution < -0.4 is 5.32 Å². The Hall–Kier alpha value is -1.48. The van der Waals surface area contributed by atoms with Gasteiger partial charge in [0.2, 0.25) is 5.91 Å². The van der Waals surface area contributed by atoms with E-state index in [2.05, 4.69) is 10.3 Å². The number of hydrogen-bond acceptors (Lipinski definition) is 5. The molecule has 2 aromatic heterocycles. The molecule has 1 fully saturated rings. The monoisotopic (exact) mass is 399 g/mol. The molecule has 0 aliphatic carbocycles. The van der Waals surface area contributed by atoms with E-state index in [0.29, 0.717) is 23.1 Å². The Morgan fingerprint density at radius 1 is 1.32 bits per heavy atom. The van der Waals surface area contributed by atoms with Crippen molar-refractivity contribution in [1.29, 1.82) is 0 Å². The Morgan fingerprint density at radius 2 is 2.12 bits per heavy atom. The smallest absolute Gasteiger partial charge is 0.253 e. The van der Waals surface area contributed by atoms with Gasteiger partial charge < -0.3 is 5.32 Å². The molecule has 9 heteroatoms. The van der Waals surface area contributed by atoms with Gasteiger partial charge in [0.1, 0.15) is 16.1 Å². The molecule has 6 nitrogen and oxygen atoms in total. The lowest BCUT2D eigenvalue weighted by atomic mass is 10.0. The maximum absolute atomic E-state index is 12.9. The molecule has 25 heavy (non-hydrogen) atoms. The SMILES string of the molecule is Cc1cccc(NC(=O)[C@H]2CCCCN2S(=O)(=O)c2ccc(Cl)s2)n1. The van der Waals surface area contributed by atoms with Crippen molar-refractivity contribution in [3.63, 3.8) is 0 Å². The number of anilines is 1. The van der Waals surface area contributed by atoms with Crippen molar-refractivity contribution in [2.45, 2.75) is 36.4 Å². The fraction of sp³-hybridized carbons (Fsp3) is 0.375. The van der Waals surface area contributed by atoms with Gasteiger partial charge in [-0.15, -0.1) is 11.3 Å². The molecule has 3 rings (SSSR count). The minimum Gasteiger partial charge on any atom is -0.309 e. The van der Waals surface area contributed by atoms with Crippen LogP contribution in [0.2, 0.25) is 4.34 Å². The molecule has 0 bridgehead atoms. The van der Waals surface area contributed by atoms with E-state index in [1.165, 1.54) is 10.4 Å². The van der Waals surface area contributed by atoms with Crippen LogP contribution in [0.25, 0.3) is 0 Å². The van der Waals surface area contributed by atoms with E-state index in [0.717, 1.165) is 29.9 Å². The quantitative estimate of drug-likeness (QED) is 0.855. The lowest BCUT2D eigenvalue weighted by molar-refractivity contribution is -0.120. The summed E-state index contributed by atoms with van der Waals surface area (Å²) in [6.45, 7) is 2.14. The number of aromatic nitrogens is 1. The summed E-state index contributed by atoms with van der Waals surface area (Å²) < 4.78 is 27.7. The highest BCUT2D eigenvalue weighted by atomic mass is 35.5. The van der Waals surface area contributed by atoms with Crippen molar-refractivity contribution in [1.82, 2.24) is 9.29 Å². The van der Waals surface area contributed by atoms with Gasteiger partial charge in [-0.1, -0.05) is 24.1 Å². The number of amides is 1. The molecule has 1 N–H and O–H groups in total. The Kier molecular flexibility index (Phi) is 5.43. The fourth-order valence-electron chi connectivity index (χ4n) is 2.83. The second-order valence-electron chi connectivity index (χ2n) is 5.84. The number of pyridine rings is 1. The third-order valence-corrected chi connectivity index (χ3v) is 7.61. The van der Waals surface area contributed by atoms with Gasteiger partial charge in [0.15, 0.2) is 0 Å². The van der Waals surface area contributed by atoms with Crippen molar-refractivity contribution in [3.8, 4) is 0 Å². The van der Waals surface area contributed by atoms with Crippen LogP contribution in [0.3, 0.4) is 0 Å². The number of rotatable bonds is 4. The molecule has 1 aliphatic heterocycles. The fourth-order valence-corrected chi connectivity index (χ4v) is 6.10. The molecule has 0 radical (unpaired) electrons. The summed E-state index contributed by atoms with van der Waals surface area (Å²) in [5, 5.41) is 2.73. The van der Waals surface area contributed by atoms with Crippen LogP contribution >= 0.6 is 22.9 Å². The maximum Gasteiger partial charge on any atom is 0.253 e. The highest BCUT2D eigenvalue weighted by Gasteiger charge is 2.38. The molecule has 0 aromatic carbocycles. The highest BCUT2D eigenvalue weighted by molar-refractivity contribution is 7.91. The molecule has 1 atom stereocenters. The molecule has 1 amide bonds. The molecule has 0 spiro atoms. The summed E-state index contributed by atoms with van der Waals surface area (Å²) in [6.07, 6.45) is 2.01. The van der Waals surface area contributed by atoms with E-state index >= 15 is 0 Å². The topological polar surface area (TPSA) is 79.4 Å². The van der Waals surface area contributed by atoms with Crippen LogP contribution in [0.5, 0.6) is 0 Å². The zero-order valence-corrected chi connectivity index (χ0v) is 16.0. The minimum absolute atomic E-state index is 0.158. The molecule has 0 unspecified atom stereocenters. The molecular weight excluding hydrogens is 382 g/mol. The summed E-state index contributed by atoms with van der Waals surface area (Å²) in [7, 11) is -3.75. The Bertz CT molecular complexity index is 882. The van der Waals surface area contributed by atoms with Gasteiger partial charge in [-0.05, 0) is 44.0 Å². The maximum atomic E-state index is 12.9. The van der Waals surface area contributed by atoms with Crippen molar-refractivity contribution in [3.05, 3.63) is 40.4 Å². The van der Waals surface area contributed by atoms with Crippen LogP contribution in [-0.2, 0) is 14.8 Å². The van der Waals surface area contributed by atoms with Gasteiger partial charge in [-0.3, -0.25) is 4.79 Å². The number of nitrogens with one attached hydrogen (secondary N) is 1. The number of carbonyl (C=O) groups is 1. The first kappa shape index (κ1) is 18.3. The summed E-state index contributed by atoms with van der Waals surface area (Å²) in [4.78, 5) is 16.9. The molecule has 3 heterocycles. The van der Waals surface area contributed by atoms with E-state index in [1.54, 1.807) is 18.2 Å². The van der Waals surface area contributed by atoms with Crippen LogP contribution in [0.15, 0.2) is 34.5 Å². The molecule has 2 aromatic rings. The van der Waals surface area contributed by atoms with E-state index in [9.17, 15) is 13.2 Å². The van der Waals surface area contributed by atoms with Gasteiger partial charge in [-0.25, -0.2) is 13.4 Å². The predicted molar refractivity (Wildman–Crippen MR) is 98.5 cm³/mol. The zero-order valence-electron chi connectivity index (χ0n) is 13.6. The number of piperidine rings is 1. The van der Waals surface area contributed by atoms with Crippen molar-refractivity contribution >= 4 is 44.7 Å². The van der Waals surface area contributed by atoms with Crippen LogP contribution in [-0.4, -0.2) is 36.2 Å². The first-order valence-electron chi connectivity index (χ1n) is 7.89. The number of carbonyl (C=O) groups excluding carboxylic acids is 1. The van der Waals surface area contributed by atoms with Crippen molar-refractivity contribution < 1.29 is 13.2 Å². The Morgan fingerprint density at radius 3 is 2.80 bits per heavy atom. The summed E-state index contributed by atoms with van der Waals surface area (Å²) in [5.74, 6) is 0.0658. The van der Waals surface area contributed by atoms with Gasteiger partial charge in [-0.2, -0.15) is 4.31 Å². The third-order valence-electron chi connectivity index (χ3n) is 4.01. The average molecular weight is 400 g/mol. The lowest BCUT2D eigenvalue weighted by Gasteiger charge is -2.33. The number of halogens is 1. The van der Waals surface area contributed by atoms with E-state index in [-0.39, 0.29) is 10.1 Å². The van der Waals surface area contributed by atoms with E-state index < -0.39 is 16.1 Å². The second-order valence-corrected chi connectivity index (χ2v) is 9.67. The van der Waals surface area contributed by atoms with Crippen molar-refractivity contribution in [2.75, 3.05) is 11.9 Å². The van der Waals surface area contributed by atoms with E-state index in [4.69, 9.17) is 11.6 Å². The summed E-state index contributed by atoms with van der Waals surface area (Å²) in [6, 6.07) is 7.59. The van der Waals surface area contributed by atoms with Gasteiger partial charge in [0, 0.05) is 12.2 Å². The number of aryl methyl sites for hydroxylation is 1. The Labute approximate surface area is 155 Å². The third kappa shape index (κ3) is 4.03. The van der Waals surface area contributed by atoms with Gasteiger partial charge >= 0.3 is 0 Å². The standard InChI is InChI=1S/C16H18ClN3O3S2/c1-11-5-4-7-14(18-11)19-16(21)12-6-2-3-10-20(12)25(22,23)15-9-8-13(17)24-15/h4-5,7-9,12H,2-3,6,10H2,1H3,(H,18,19,21)/t12-/m1/s1. The first-order valence-corrected chi connectivity index (χ1v) is 10.5. The molecule has 134 valence electrons. The largest absolute Gasteiger partial charge is 0.309 e. The second kappa shape index (κ2) is 7.41. The van der Waals surface area contributed by atoms with Gasteiger partial charge in [0.25, 0.3) is 10.0 Å². The highest BCUT2D eigenvalue weighted by Crippen LogP contribution is 2.32. The van der Waals surface area contributed by atoms with Crippen LogP contribution in [0.1, 0.15) is 25.0 Å². The summed E-state index contributed by atoms with van der Waals surface area (Å²) >= 11 is 6.87. The molecule has 1 saturated heterocycles. The van der Waals surface area contributed by atoms with E-state index in [1.807, 2.05) is 13.0 Å². The predicted octanol–water partition coefficient (Wildman–Crippen LogP) is 3.29. The minimum atomic E-state index is -3.75. The van der Waals surface area contributed by atoms with Crippen LogP contribution in [0.4, 0.5) is 5.82 Å². The number of nitrogens with zero attached hydrogens (tertiary/aromatic N) is 2. The normalized spacial score (nSPS) is 18.9. The molecular formula is C16H18ClN3O3S2. The number of thiophene rings is 1. The number of hydrogen-bond donors (Lipinski definition) is 1. The lowest BCUT2D eigenvalue weighted by Crippen LogP contribution is -2.49. The summed E-state index contributed by atoms with van der Waals surface area (Å²) in [5.41, 5.74) is 0.777. The zero-order chi connectivity index (χ0) is 18.0. The molecule has 0 saturated carbocycles. The Balaban J connectivity index is 1.84. The average Bonchev–Trinajstić information content (AvgIpc) is 3.02.